The number of likely N-dealkylation sites (N-methyl/N-ethyl adjacent to an activating group) is 1. The lowest BCUT2D eigenvalue weighted by molar-refractivity contribution is 0.363. The molecular weight excluding hydrogens is 212 g/mol. The third-order valence-corrected chi connectivity index (χ3v) is 2.71. The van der Waals surface area contributed by atoms with E-state index < -0.39 is 0 Å². The second kappa shape index (κ2) is 8.37. The van der Waals surface area contributed by atoms with E-state index in [4.69, 9.17) is 0 Å². The number of rotatable bonds is 9. The molecule has 0 aliphatic heterocycles. The molecule has 0 radical (unpaired) electrons. The first-order valence-corrected chi connectivity index (χ1v) is 6.33. The highest BCUT2D eigenvalue weighted by Gasteiger charge is 2.09. The molecule has 2 N–H and O–H groups in total. The van der Waals surface area contributed by atoms with Gasteiger partial charge in [-0.1, -0.05) is 6.58 Å². The van der Waals surface area contributed by atoms with Crippen molar-refractivity contribution in [1.82, 2.24) is 20.4 Å². The van der Waals surface area contributed by atoms with Crippen LogP contribution in [0.15, 0.2) is 12.4 Å². The van der Waals surface area contributed by atoms with Crippen molar-refractivity contribution in [3.8, 4) is 0 Å². The van der Waals surface area contributed by atoms with Gasteiger partial charge in [0.15, 0.2) is 0 Å². The molecule has 0 aromatic rings. The molecule has 2 atom stereocenters. The molecule has 4 nitrogen and oxygen atoms in total. The minimum absolute atomic E-state index is 0.437. The molecule has 0 fully saturated rings. The standard InChI is InChI=1S/C13H30N4/c1-11(14-8-9-16(4)5)10-12(2)15-13(3)17(6)7/h11-12,14-15H,3,8-10H2,1-2,4-7H3. The van der Waals surface area contributed by atoms with Crippen LogP contribution in [-0.2, 0) is 0 Å². The summed E-state index contributed by atoms with van der Waals surface area (Å²) in [5, 5.41) is 6.91. The third kappa shape index (κ3) is 9.01. The van der Waals surface area contributed by atoms with Crippen molar-refractivity contribution in [3.05, 3.63) is 12.4 Å². The predicted molar refractivity (Wildman–Crippen MR) is 76.1 cm³/mol. The van der Waals surface area contributed by atoms with E-state index in [-0.39, 0.29) is 0 Å². The van der Waals surface area contributed by atoms with Crippen LogP contribution < -0.4 is 10.6 Å². The van der Waals surface area contributed by atoms with Crippen LogP contribution >= 0.6 is 0 Å². The predicted octanol–water partition coefficient (Wildman–Crippen LogP) is 0.927. The molecule has 4 heteroatoms. The molecule has 2 unspecified atom stereocenters. The Morgan fingerprint density at radius 3 is 2.18 bits per heavy atom. The van der Waals surface area contributed by atoms with E-state index in [1.54, 1.807) is 0 Å². The van der Waals surface area contributed by atoms with Gasteiger partial charge in [0.25, 0.3) is 0 Å². The van der Waals surface area contributed by atoms with E-state index in [2.05, 4.69) is 50.1 Å². The Balaban J connectivity index is 3.72. The first-order chi connectivity index (χ1) is 7.82. The molecule has 0 aliphatic carbocycles. The van der Waals surface area contributed by atoms with Gasteiger partial charge in [-0.2, -0.15) is 0 Å². The Morgan fingerprint density at radius 1 is 1.12 bits per heavy atom. The van der Waals surface area contributed by atoms with E-state index >= 15 is 0 Å². The maximum atomic E-state index is 3.97. The molecule has 0 heterocycles. The van der Waals surface area contributed by atoms with Gasteiger partial charge in [-0.05, 0) is 34.4 Å². The second-order valence-corrected chi connectivity index (χ2v) is 5.28. The second-order valence-electron chi connectivity index (χ2n) is 5.28. The molecule has 0 spiro atoms. The minimum atomic E-state index is 0.437. The topological polar surface area (TPSA) is 30.5 Å². The molecule has 17 heavy (non-hydrogen) atoms. The van der Waals surface area contributed by atoms with Gasteiger partial charge in [-0.25, -0.2) is 0 Å². The summed E-state index contributed by atoms with van der Waals surface area (Å²) in [6, 6.07) is 0.958. The smallest absolute Gasteiger partial charge is 0.0935 e. The molecule has 0 rings (SSSR count). The largest absolute Gasteiger partial charge is 0.370 e. The van der Waals surface area contributed by atoms with Gasteiger partial charge in [-0.15, -0.1) is 0 Å². The lowest BCUT2D eigenvalue weighted by Crippen LogP contribution is -2.39. The molecule has 0 saturated carbocycles. The van der Waals surface area contributed by atoms with Crippen LogP contribution in [0.3, 0.4) is 0 Å². The Labute approximate surface area is 107 Å². The average Bonchev–Trinajstić information content (AvgIpc) is 2.16. The fourth-order valence-electron chi connectivity index (χ4n) is 1.62. The maximum Gasteiger partial charge on any atom is 0.0935 e. The number of hydrogen-bond acceptors (Lipinski definition) is 4. The highest BCUT2D eigenvalue weighted by atomic mass is 15.2. The molecule has 0 aromatic heterocycles. The quantitative estimate of drug-likeness (QED) is 0.630. The van der Waals surface area contributed by atoms with Gasteiger partial charge >= 0.3 is 0 Å². The van der Waals surface area contributed by atoms with Crippen LogP contribution in [0, 0.1) is 0 Å². The van der Waals surface area contributed by atoms with E-state index in [1.165, 1.54) is 0 Å². The van der Waals surface area contributed by atoms with Crippen molar-refractivity contribution >= 4 is 0 Å². The Kier molecular flexibility index (Phi) is 8.00. The average molecular weight is 242 g/mol. The summed E-state index contributed by atoms with van der Waals surface area (Å²) in [6.07, 6.45) is 1.10. The van der Waals surface area contributed by atoms with Gasteiger partial charge < -0.3 is 20.4 Å². The number of nitrogens with zero attached hydrogens (tertiary/aromatic N) is 2. The van der Waals surface area contributed by atoms with Crippen molar-refractivity contribution in [1.29, 1.82) is 0 Å². The van der Waals surface area contributed by atoms with Crippen LogP contribution in [0.1, 0.15) is 20.3 Å². The van der Waals surface area contributed by atoms with E-state index in [9.17, 15) is 0 Å². The lowest BCUT2D eigenvalue weighted by atomic mass is 10.1. The molecule has 0 aliphatic rings. The number of hydrogen-bond donors (Lipinski definition) is 2. The highest BCUT2D eigenvalue weighted by Crippen LogP contribution is 2.00. The van der Waals surface area contributed by atoms with Crippen LogP contribution in [0.4, 0.5) is 0 Å². The van der Waals surface area contributed by atoms with Gasteiger partial charge in [0, 0.05) is 39.3 Å². The number of nitrogens with one attached hydrogen (secondary N) is 2. The van der Waals surface area contributed by atoms with Crippen molar-refractivity contribution < 1.29 is 0 Å². The Bertz CT molecular complexity index is 213. The molecular formula is C13H30N4. The molecule has 0 bridgehead atoms. The van der Waals surface area contributed by atoms with Crippen molar-refractivity contribution in [3.63, 3.8) is 0 Å². The summed E-state index contributed by atoms with van der Waals surface area (Å²) in [5.74, 6) is 0.970. The molecule has 102 valence electrons. The van der Waals surface area contributed by atoms with E-state index in [1.807, 2.05) is 19.0 Å². The van der Waals surface area contributed by atoms with Crippen molar-refractivity contribution in [2.24, 2.45) is 0 Å². The van der Waals surface area contributed by atoms with Crippen LogP contribution in [0.5, 0.6) is 0 Å². The lowest BCUT2D eigenvalue weighted by Gasteiger charge is -2.25. The van der Waals surface area contributed by atoms with Crippen LogP contribution in [0.25, 0.3) is 0 Å². The normalized spacial score (nSPS) is 14.5. The van der Waals surface area contributed by atoms with Crippen LogP contribution in [-0.4, -0.2) is 63.2 Å². The fourth-order valence-corrected chi connectivity index (χ4v) is 1.62. The summed E-state index contributed by atoms with van der Waals surface area (Å²) in [7, 11) is 8.19. The van der Waals surface area contributed by atoms with E-state index in [0.717, 1.165) is 25.3 Å². The van der Waals surface area contributed by atoms with Crippen molar-refractivity contribution in [2.75, 3.05) is 41.3 Å². The summed E-state index contributed by atoms with van der Waals surface area (Å²) < 4.78 is 0. The SMILES string of the molecule is C=C(NC(C)CC(C)NCCN(C)C)N(C)C. The zero-order valence-electron chi connectivity index (χ0n) is 12.4. The third-order valence-electron chi connectivity index (χ3n) is 2.71. The van der Waals surface area contributed by atoms with Gasteiger partial charge in [0.1, 0.15) is 0 Å². The summed E-state index contributed by atoms with van der Waals surface area (Å²) in [4.78, 5) is 4.19. The van der Waals surface area contributed by atoms with Crippen LogP contribution in [0.2, 0.25) is 0 Å². The first-order valence-electron chi connectivity index (χ1n) is 6.33. The Morgan fingerprint density at radius 2 is 1.71 bits per heavy atom. The first kappa shape index (κ1) is 16.3. The zero-order chi connectivity index (χ0) is 13.4. The van der Waals surface area contributed by atoms with E-state index in [0.29, 0.717) is 12.1 Å². The molecule has 0 saturated heterocycles. The summed E-state index contributed by atoms with van der Waals surface area (Å²) >= 11 is 0. The van der Waals surface area contributed by atoms with Gasteiger partial charge in [-0.3, -0.25) is 0 Å². The van der Waals surface area contributed by atoms with Gasteiger partial charge in [0.2, 0.25) is 0 Å². The summed E-state index contributed by atoms with van der Waals surface area (Å²) in [6.45, 7) is 10.5. The minimum Gasteiger partial charge on any atom is -0.370 e. The highest BCUT2D eigenvalue weighted by molar-refractivity contribution is 4.90. The van der Waals surface area contributed by atoms with Gasteiger partial charge in [0.05, 0.1) is 5.82 Å². The monoisotopic (exact) mass is 242 g/mol. The molecule has 0 amide bonds. The zero-order valence-corrected chi connectivity index (χ0v) is 12.4. The Hall–Kier alpha value is -0.740. The molecule has 0 aromatic carbocycles. The fraction of sp³-hybridized carbons (Fsp3) is 0.846. The maximum absolute atomic E-state index is 3.97. The van der Waals surface area contributed by atoms with Crippen molar-refractivity contribution in [2.45, 2.75) is 32.4 Å². The summed E-state index contributed by atoms with van der Waals surface area (Å²) in [5.41, 5.74) is 0.